The Hall–Kier alpha value is -1.20. The third-order valence-electron chi connectivity index (χ3n) is 2.50. The van der Waals surface area contributed by atoms with Crippen LogP contribution in [-0.2, 0) is 5.60 Å². The maximum absolute atomic E-state index is 10.1. The molecule has 3 N–H and O–H groups in total. The predicted molar refractivity (Wildman–Crippen MR) is 49.7 cm³/mol. The lowest BCUT2D eigenvalue weighted by molar-refractivity contribution is -0.0580. The van der Waals surface area contributed by atoms with Gasteiger partial charge >= 0.3 is 0 Å². The molecule has 1 aromatic rings. The van der Waals surface area contributed by atoms with Crippen molar-refractivity contribution in [1.29, 1.82) is 0 Å². The summed E-state index contributed by atoms with van der Waals surface area (Å²) in [6.45, 7) is 0. The van der Waals surface area contributed by atoms with Crippen molar-refractivity contribution >= 4 is 0 Å². The summed E-state index contributed by atoms with van der Waals surface area (Å²) in [5.41, 5.74) is 5.18. The quantitative estimate of drug-likeness (QED) is 0.682. The SMILES string of the molecule is COc1nccnc1C1(O)CC(N)C1. The fourth-order valence-electron chi connectivity index (χ4n) is 1.79. The van der Waals surface area contributed by atoms with Gasteiger partial charge in [-0.1, -0.05) is 0 Å². The Balaban J connectivity index is 2.32. The molecule has 0 saturated heterocycles. The maximum atomic E-state index is 10.1. The minimum Gasteiger partial charge on any atom is -0.480 e. The molecule has 0 aromatic carbocycles. The third kappa shape index (κ3) is 1.34. The number of methoxy groups -OCH3 is 1. The fourth-order valence-corrected chi connectivity index (χ4v) is 1.79. The van der Waals surface area contributed by atoms with E-state index in [1.54, 1.807) is 6.20 Å². The molecule has 0 atom stereocenters. The van der Waals surface area contributed by atoms with Crippen LogP contribution >= 0.6 is 0 Å². The largest absolute Gasteiger partial charge is 0.480 e. The van der Waals surface area contributed by atoms with E-state index in [1.165, 1.54) is 13.3 Å². The van der Waals surface area contributed by atoms with E-state index < -0.39 is 5.60 Å². The second-order valence-corrected chi connectivity index (χ2v) is 3.61. The van der Waals surface area contributed by atoms with Crippen LogP contribution in [0, 0.1) is 0 Å². The highest BCUT2D eigenvalue weighted by molar-refractivity contribution is 5.27. The number of ether oxygens (including phenoxy) is 1. The van der Waals surface area contributed by atoms with Crippen LogP contribution in [0.5, 0.6) is 5.88 Å². The summed E-state index contributed by atoms with van der Waals surface area (Å²) in [5.74, 6) is 0.377. The van der Waals surface area contributed by atoms with Gasteiger partial charge in [-0.2, -0.15) is 0 Å². The molecule has 1 aromatic heterocycles. The van der Waals surface area contributed by atoms with Gasteiger partial charge in [0.1, 0.15) is 11.3 Å². The van der Waals surface area contributed by atoms with Crippen molar-refractivity contribution in [1.82, 2.24) is 9.97 Å². The van der Waals surface area contributed by atoms with E-state index in [-0.39, 0.29) is 6.04 Å². The highest BCUT2D eigenvalue weighted by atomic mass is 16.5. The number of aromatic nitrogens is 2. The van der Waals surface area contributed by atoms with E-state index in [2.05, 4.69) is 9.97 Å². The smallest absolute Gasteiger partial charge is 0.238 e. The molecule has 0 amide bonds. The van der Waals surface area contributed by atoms with Crippen LogP contribution < -0.4 is 10.5 Å². The van der Waals surface area contributed by atoms with Gasteiger partial charge in [-0.25, -0.2) is 4.98 Å². The van der Waals surface area contributed by atoms with E-state index in [9.17, 15) is 5.11 Å². The average molecular weight is 195 g/mol. The van der Waals surface area contributed by atoms with E-state index in [4.69, 9.17) is 10.5 Å². The van der Waals surface area contributed by atoms with Gasteiger partial charge in [0.25, 0.3) is 0 Å². The van der Waals surface area contributed by atoms with E-state index in [0.29, 0.717) is 24.4 Å². The van der Waals surface area contributed by atoms with E-state index in [0.717, 1.165) is 0 Å². The maximum Gasteiger partial charge on any atom is 0.238 e. The number of hydrogen-bond acceptors (Lipinski definition) is 5. The Morgan fingerprint density at radius 2 is 2.14 bits per heavy atom. The molecule has 0 bridgehead atoms. The molecule has 0 spiro atoms. The van der Waals surface area contributed by atoms with Crippen molar-refractivity contribution in [3.05, 3.63) is 18.1 Å². The zero-order chi connectivity index (χ0) is 10.2. The molecule has 1 saturated carbocycles. The number of rotatable bonds is 2. The summed E-state index contributed by atoms with van der Waals surface area (Å²) in [6.07, 6.45) is 4.11. The van der Waals surface area contributed by atoms with Crippen molar-refractivity contribution in [2.45, 2.75) is 24.5 Å². The number of hydrogen-bond donors (Lipinski definition) is 2. The van der Waals surface area contributed by atoms with Gasteiger partial charge < -0.3 is 15.6 Å². The van der Waals surface area contributed by atoms with Crippen LogP contribution in [0.3, 0.4) is 0 Å². The van der Waals surface area contributed by atoms with Crippen LogP contribution in [-0.4, -0.2) is 28.2 Å². The summed E-state index contributed by atoms with van der Waals surface area (Å²) in [7, 11) is 1.51. The lowest BCUT2D eigenvalue weighted by Gasteiger charge is -2.41. The average Bonchev–Trinajstić information content (AvgIpc) is 2.15. The van der Waals surface area contributed by atoms with Gasteiger partial charge in [0.05, 0.1) is 7.11 Å². The first-order valence-corrected chi connectivity index (χ1v) is 4.49. The predicted octanol–water partition coefficient (Wildman–Crippen LogP) is -0.206. The molecular weight excluding hydrogens is 182 g/mol. The molecule has 1 aliphatic carbocycles. The molecule has 0 aliphatic heterocycles. The van der Waals surface area contributed by atoms with Crippen molar-refractivity contribution in [3.8, 4) is 5.88 Å². The van der Waals surface area contributed by atoms with Gasteiger partial charge in [0.15, 0.2) is 0 Å². The summed E-state index contributed by atoms with van der Waals surface area (Å²) in [4.78, 5) is 8.07. The van der Waals surface area contributed by atoms with Crippen molar-refractivity contribution < 1.29 is 9.84 Å². The van der Waals surface area contributed by atoms with E-state index >= 15 is 0 Å². The molecule has 76 valence electrons. The minimum absolute atomic E-state index is 0.0479. The van der Waals surface area contributed by atoms with Gasteiger partial charge in [0, 0.05) is 18.4 Å². The van der Waals surface area contributed by atoms with Crippen LogP contribution in [0.1, 0.15) is 18.5 Å². The monoisotopic (exact) mass is 195 g/mol. The molecule has 1 aliphatic rings. The van der Waals surface area contributed by atoms with Gasteiger partial charge in [0.2, 0.25) is 5.88 Å². The first-order chi connectivity index (χ1) is 6.65. The molecule has 5 nitrogen and oxygen atoms in total. The second kappa shape index (κ2) is 3.18. The second-order valence-electron chi connectivity index (χ2n) is 3.61. The number of aliphatic hydroxyl groups is 1. The zero-order valence-electron chi connectivity index (χ0n) is 7.97. The molecular formula is C9H13N3O2. The van der Waals surface area contributed by atoms with Crippen LogP contribution in [0.15, 0.2) is 12.4 Å². The van der Waals surface area contributed by atoms with Gasteiger partial charge in [-0.05, 0) is 12.8 Å². The normalized spacial score (nSPS) is 30.9. The lowest BCUT2D eigenvalue weighted by Crippen LogP contribution is -2.49. The Morgan fingerprint density at radius 3 is 2.71 bits per heavy atom. The topological polar surface area (TPSA) is 81.3 Å². The van der Waals surface area contributed by atoms with Crippen LogP contribution in [0.2, 0.25) is 0 Å². The Kier molecular flexibility index (Phi) is 2.13. The van der Waals surface area contributed by atoms with Crippen molar-refractivity contribution in [2.75, 3.05) is 7.11 Å². The zero-order valence-corrected chi connectivity index (χ0v) is 7.97. The summed E-state index contributed by atoms with van der Waals surface area (Å²) >= 11 is 0. The minimum atomic E-state index is -0.945. The van der Waals surface area contributed by atoms with Crippen molar-refractivity contribution in [3.63, 3.8) is 0 Å². The van der Waals surface area contributed by atoms with Crippen molar-refractivity contribution in [2.24, 2.45) is 5.73 Å². The molecule has 0 unspecified atom stereocenters. The number of nitrogens with two attached hydrogens (primary N) is 1. The van der Waals surface area contributed by atoms with Crippen LogP contribution in [0.4, 0.5) is 0 Å². The standard InChI is InChI=1S/C9H13N3O2/c1-14-8-7(11-2-3-12-8)9(13)4-6(10)5-9/h2-3,6,13H,4-5,10H2,1H3. The van der Waals surface area contributed by atoms with E-state index in [1.807, 2.05) is 0 Å². The first-order valence-electron chi connectivity index (χ1n) is 4.49. The summed E-state index contributed by atoms with van der Waals surface area (Å²) in [6, 6.07) is 0.0479. The number of nitrogens with zero attached hydrogens (tertiary/aromatic N) is 2. The molecule has 1 heterocycles. The Bertz CT molecular complexity index is 337. The molecule has 1 fully saturated rings. The molecule has 0 radical (unpaired) electrons. The fraction of sp³-hybridized carbons (Fsp3) is 0.556. The van der Waals surface area contributed by atoms with Gasteiger partial charge in [-0.3, -0.25) is 4.98 Å². The molecule has 14 heavy (non-hydrogen) atoms. The highest BCUT2D eigenvalue weighted by Crippen LogP contribution is 2.42. The van der Waals surface area contributed by atoms with Gasteiger partial charge in [-0.15, -0.1) is 0 Å². The highest BCUT2D eigenvalue weighted by Gasteiger charge is 2.45. The summed E-state index contributed by atoms with van der Waals surface area (Å²) < 4.78 is 5.03. The third-order valence-corrected chi connectivity index (χ3v) is 2.50. The Morgan fingerprint density at radius 1 is 1.50 bits per heavy atom. The molecule has 5 heteroatoms. The molecule has 2 rings (SSSR count). The first kappa shape index (κ1) is 9.36. The van der Waals surface area contributed by atoms with Crippen LogP contribution in [0.25, 0.3) is 0 Å². The lowest BCUT2D eigenvalue weighted by atomic mass is 9.74. The Labute approximate surface area is 81.9 Å². The summed E-state index contributed by atoms with van der Waals surface area (Å²) in [5, 5.41) is 10.1.